The molecule has 0 aromatic rings. The van der Waals surface area contributed by atoms with Crippen LogP contribution in [-0.4, -0.2) is 110 Å². The van der Waals surface area contributed by atoms with Gasteiger partial charge in [0.1, 0.15) is 36.6 Å². The molecule has 8 N–H and O–H groups in total. The van der Waals surface area contributed by atoms with Crippen molar-refractivity contribution in [2.45, 2.75) is 332 Å². The van der Waals surface area contributed by atoms with Crippen molar-refractivity contribution in [1.82, 2.24) is 5.32 Å². The Bertz CT molecular complexity index is 1190. The maximum atomic E-state index is 13.1. The van der Waals surface area contributed by atoms with E-state index in [1.165, 1.54) is 186 Å². The second-order valence-electron chi connectivity index (χ2n) is 21.1. The van der Waals surface area contributed by atoms with Crippen LogP contribution in [0.5, 0.6) is 0 Å². The predicted molar refractivity (Wildman–Crippen MR) is 289 cm³/mol. The van der Waals surface area contributed by atoms with E-state index in [4.69, 9.17) is 9.47 Å². The van der Waals surface area contributed by atoms with Gasteiger partial charge in [-0.05, 0) is 64.2 Å². The van der Waals surface area contributed by atoms with Crippen molar-refractivity contribution in [3.05, 3.63) is 24.3 Å². The first kappa shape index (κ1) is 66.6. The Morgan fingerprint density at radius 2 is 0.843 bits per heavy atom. The normalized spacial score (nSPS) is 20.4. The molecule has 11 heteroatoms. The molecule has 1 amide bonds. The zero-order valence-corrected chi connectivity index (χ0v) is 45.3. The van der Waals surface area contributed by atoms with Gasteiger partial charge in [-0.1, -0.05) is 237 Å². The highest BCUT2D eigenvalue weighted by Crippen LogP contribution is 2.23. The Kier molecular flexibility index (Phi) is 46.2. The fraction of sp³-hybridized carbons (Fsp3) is 0.915. The van der Waals surface area contributed by atoms with Crippen molar-refractivity contribution in [1.29, 1.82) is 0 Å². The SMILES string of the molecule is CCCCCCCCC/C=C\CCCCCCC(O)C(=O)NC(COC1OC(CO)C(O)C(O)C1O)C(O)C(O)CCC/C=C/CCCCCCCCCCCCCCCCCCCCCCCCC. The summed E-state index contributed by atoms with van der Waals surface area (Å²) in [6.07, 6.45) is 46.8. The molecule has 0 aliphatic carbocycles. The zero-order chi connectivity index (χ0) is 51.1. The summed E-state index contributed by atoms with van der Waals surface area (Å²) >= 11 is 0. The lowest BCUT2D eigenvalue weighted by Gasteiger charge is -2.40. The molecule has 70 heavy (non-hydrogen) atoms. The molecule has 414 valence electrons. The third-order valence-corrected chi connectivity index (χ3v) is 14.5. The number of hydrogen-bond donors (Lipinski definition) is 8. The number of ether oxygens (including phenoxy) is 2. The fourth-order valence-corrected chi connectivity index (χ4v) is 9.61. The lowest BCUT2D eigenvalue weighted by atomic mass is 9.98. The van der Waals surface area contributed by atoms with E-state index in [9.17, 15) is 40.5 Å². The molecule has 1 fully saturated rings. The van der Waals surface area contributed by atoms with E-state index in [1.807, 2.05) is 0 Å². The standard InChI is InChI=1S/C59H113NO10/c1-3-5-7-9-11-13-15-17-19-20-21-22-23-24-25-26-27-28-29-30-31-33-34-36-38-40-42-44-46-51(62)54(64)50(49-69-59-57(67)56(66)55(65)53(48-61)70-59)60-58(68)52(63)47-45-43-41-39-37-35-32-18-16-14-12-10-8-6-4-2/h32,35,38,40,50-57,59,61-67H,3-31,33-34,36-37,39,41-49H2,1-2H3,(H,60,68)/b35-32-,40-38+. The molecule has 1 aliphatic rings. The van der Waals surface area contributed by atoms with Crippen molar-refractivity contribution in [3.8, 4) is 0 Å². The molecule has 1 rings (SSSR count). The molecule has 0 radical (unpaired) electrons. The van der Waals surface area contributed by atoms with Gasteiger partial charge >= 0.3 is 0 Å². The zero-order valence-electron chi connectivity index (χ0n) is 45.3. The number of unbranched alkanes of at least 4 members (excludes halogenated alkanes) is 35. The van der Waals surface area contributed by atoms with E-state index in [1.54, 1.807) is 0 Å². The van der Waals surface area contributed by atoms with Gasteiger partial charge in [0.05, 0.1) is 25.4 Å². The highest BCUT2D eigenvalue weighted by Gasteiger charge is 2.44. The van der Waals surface area contributed by atoms with E-state index in [0.717, 1.165) is 51.4 Å². The van der Waals surface area contributed by atoms with Crippen LogP contribution in [0.25, 0.3) is 0 Å². The average molecular weight is 997 g/mol. The second-order valence-corrected chi connectivity index (χ2v) is 21.1. The minimum absolute atomic E-state index is 0.241. The van der Waals surface area contributed by atoms with Crippen molar-refractivity contribution in [2.75, 3.05) is 13.2 Å². The minimum Gasteiger partial charge on any atom is -0.394 e. The van der Waals surface area contributed by atoms with Gasteiger partial charge in [-0.25, -0.2) is 0 Å². The summed E-state index contributed by atoms with van der Waals surface area (Å²) in [5.41, 5.74) is 0. The Balaban J connectivity index is 2.28. The van der Waals surface area contributed by atoms with Crippen molar-refractivity contribution in [3.63, 3.8) is 0 Å². The van der Waals surface area contributed by atoms with E-state index in [2.05, 4.69) is 43.5 Å². The number of aliphatic hydroxyl groups excluding tert-OH is 7. The van der Waals surface area contributed by atoms with E-state index in [0.29, 0.717) is 12.8 Å². The van der Waals surface area contributed by atoms with E-state index < -0.39 is 74.2 Å². The highest BCUT2D eigenvalue weighted by molar-refractivity contribution is 5.80. The molecule has 9 unspecified atom stereocenters. The molecule has 0 saturated carbocycles. The molecule has 0 aromatic heterocycles. The second kappa shape index (κ2) is 48.5. The first-order valence-electron chi connectivity index (χ1n) is 29.7. The number of carbonyl (C=O) groups excluding carboxylic acids is 1. The van der Waals surface area contributed by atoms with E-state index >= 15 is 0 Å². The molecule has 1 saturated heterocycles. The van der Waals surface area contributed by atoms with Crippen LogP contribution in [-0.2, 0) is 14.3 Å². The number of carbonyl (C=O) groups is 1. The van der Waals surface area contributed by atoms with Crippen LogP contribution in [0.3, 0.4) is 0 Å². The molecular formula is C59H113NO10. The van der Waals surface area contributed by atoms with Crippen LogP contribution < -0.4 is 5.32 Å². The predicted octanol–water partition coefficient (Wildman–Crippen LogP) is 12.5. The maximum Gasteiger partial charge on any atom is 0.249 e. The molecule has 0 aromatic carbocycles. The van der Waals surface area contributed by atoms with Crippen LogP contribution in [0.1, 0.15) is 277 Å². The Hall–Kier alpha value is -1.41. The Labute approximate surface area is 429 Å². The third kappa shape index (κ3) is 36.5. The molecule has 9 atom stereocenters. The molecule has 0 bridgehead atoms. The van der Waals surface area contributed by atoms with Crippen LogP contribution in [0, 0.1) is 0 Å². The first-order valence-corrected chi connectivity index (χ1v) is 29.7. The lowest BCUT2D eigenvalue weighted by Crippen LogP contribution is -2.60. The lowest BCUT2D eigenvalue weighted by molar-refractivity contribution is -0.303. The molecule has 1 aliphatic heterocycles. The number of amides is 1. The van der Waals surface area contributed by atoms with Crippen LogP contribution >= 0.6 is 0 Å². The number of allylic oxidation sites excluding steroid dienone is 4. The number of rotatable bonds is 51. The van der Waals surface area contributed by atoms with Crippen LogP contribution in [0.15, 0.2) is 24.3 Å². The summed E-state index contributed by atoms with van der Waals surface area (Å²) in [7, 11) is 0. The van der Waals surface area contributed by atoms with Gasteiger partial charge in [-0.3, -0.25) is 4.79 Å². The van der Waals surface area contributed by atoms with Crippen LogP contribution in [0.2, 0.25) is 0 Å². The fourth-order valence-electron chi connectivity index (χ4n) is 9.61. The first-order chi connectivity index (χ1) is 34.2. The van der Waals surface area contributed by atoms with Gasteiger partial charge in [0.25, 0.3) is 0 Å². The molecule has 11 nitrogen and oxygen atoms in total. The van der Waals surface area contributed by atoms with Gasteiger partial charge in [0.2, 0.25) is 5.91 Å². The average Bonchev–Trinajstić information content (AvgIpc) is 3.36. The summed E-state index contributed by atoms with van der Waals surface area (Å²) in [6.45, 7) is 3.45. The topological polar surface area (TPSA) is 189 Å². The van der Waals surface area contributed by atoms with Gasteiger partial charge < -0.3 is 50.5 Å². The Morgan fingerprint density at radius 1 is 0.486 bits per heavy atom. The van der Waals surface area contributed by atoms with Gasteiger partial charge in [0.15, 0.2) is 6.29 Å². The Morgan fingerprint density at radius 3 is 1.23 bits per heavy atom. The number of nitrogens with one attached hydrogen (secondary N) is 1. The smallest absolute Gasteiger partial charge is 0.249 e. The summed E-state index contributed by atoms with van der Waals surface area (Å²) in [5, 5.41) is 76.1. The molecule has 0 spiro atoms. The monoisotopic (exact) mass is 996 g/mol. The summed E-state index contributed by atoms with van der Waals surface area (Å²) < 4.78 is 11.1. The van der Waals surface area contributed by atoms with Gasteiger partial charge in [-0.15, -0.1) is 0 Å². The summed E-state index contributed by atoms with van der Waals surface area (Å²) in [4.78, 5) is 13.1. The van der Waals surface area contributed by atoms with Crippen LogP contribution in [0.4, 0.5) is 0 Å². The van der Waals surface area contributed by atoms with Gasteiger partial charge in [0, 0.05) is 0 Å². The number of aliphatic hydroxyl groups is 7. The van der Waals surface area contributed by atoms with Crippen molar-refractivity contribution in [2.24, 2.45) is 0 Å². The van der Waals surface area contributed by atoms with Gasteiger partial charge in [-0.2, -0.15) is 0 Å². The summed E-state index contributed by atoms with van der Waals surface area (Å²) in [5.74, 6) is -0.713. The maximum absolute atomic E-state index is 13.1. The van der Waals surface area contributed by atoms with E-state index in [-0.39, 0.29) is 12.8 Å². The molecule has 1 heterocycles. The largest absolute Gasteiger partial charge is 0.394 e. The highest BCUT2D eigenvalue weighted by atomic mass is 16.7. The number of hydrogen-bond acceptors (Lipinski definition) is 10. The van der Waals surface area contributed by atoms with Crippen molar-refractivity contribution < 1.29 is 50.0 Å². The minimum atomic E-state index is -1.67. The molecular weight excluding hydrogens is 883 g/mol. The quantitative estimate of drug-likeness (QED) is 0.0215. The van der Waals surface area contributed by atoms with Crippen molar-refractivity contribution >= 4 is 5.91 Å². The summed E-state index contributed by atoms with van der Waals surface area (Å²) in [6, 6.07) is -1.19. The third-order valence-electron chi connectivity index (χ3n) is 14.5.